The molecule has 0 atom stereocenters. The first-order valence-corrected chi connectivity index (χ1v) is 4.86. The van der Waals surface area contributed by atoms with Gasteiger partial charge in [-0.1, -0.05) is 13.8 Å². The molecule has 0 aliphatic heterocycles. The number of nitrogens with zero attached hydrogens (tertiary/aromatic N) is 4. The normalized spacial score (nSPS) is 10.6. The molecule has 0 unspecified atom stereocenters. The molecule has 0 saturated heterocycles. The van der Waals surface area contributed by atoms with E-state index in [-0.39, 0.29) is 0 Å². The van der Waals surface area contributed by atoms with Gasteiger partial charge in [-0.3, -0.25) is 0 Å². The Hall–Kier alpha value is -1.84. The van der Waals surface area contributed by atoms with Gasteiger partial charge in [-0.15, -0.1) is 0 Å². The van der Waals surface area contributed by atoms with Gasteiger partial charge >= 0.3 is 0 Å². The minimum atomic E-state index is 0.441. The van der Waals surface area contributed by atoms with Crippen molar-refractivity contribution >= 4 is 0 Å². The molecule has 2 aromatic heterocycles. The van der Waals surface area contributed by atoms with Crippen molar-refractivity contribution in [2.75, 3.05) is 0 Å². The second-order valence-electron chi connectivity index (χ2n) is 3.57. The summed E-state index contributed by atoms with van der Waals surface area (Å²) in [5, 5.41) is 0. The van der Waals surface area contributed by atoms with Crippen LogP contribution < -0.4 is 0 Å². The lowest BCUT2D eigenvalue weighted by atomic mass is 10.1. The number of hydrogen-bond acceptors (Lipinski definition) is 4. The van der Waals surface area contributed by atoms with Crippen LogP contribution in [-0.2, 0) is 0 Å². The molecule has 0 N–H and O–H groups in total. The summed E-state index contributed by atoms with van der Waals surface area (Å²) in [7, 11) is 0. The Morgan fingerprint density at radius 2 is 1.40 bits per heavy atom. The molecular weight excluding hydrogens is 188 g/mol. The van der Waals surface area contributed by atoms with E-state index in [4.69, 9.17) is 0 Å². The molecular formula is C11H12N4. The van der Waals surface area contributed by atoms with Crippen molar-refractivity contribution in [3.8, 4) is 11.6 Å². The Balaban J connectivity index is 2.32. The summed E-state index contributed by atoms with van der Waals surface area (Å²) < 4.78 is 0. The van der Waals surface area contributed by atoms with Crippen LogP contribution >= 0.6 is 0 Å². The number of hydrogen-bond donors (Lipinski definition) is 0. The lowest BCUT2D eigenvalue weighted by molar-refractivity contribution is 0.845. The number of rotatable bonds is 2. The van der Waals surface area contributed by atoms with E-state index in [0.717, 1.165) is 5.56 Å². The maximum atomic E-state index is 4.23. The van der Waals surface area contributed by atoms with E-state index in [1.54, 1.807) is 18.5 Å². The molecule has 76 valence electrons. The standard InChI is InChI=1S/C11H12N4/c1-8(2)9-6-14-11(15-7-9)10-12-4-3-5-13-10/h3-8H,1-2H3. The van der Waals surface area contributed by atoms with Gasteiger partial charge in [-0.25, -0.2) is 19.9 Å². The Kier molecular flexibility index (Phi) is 2.67. The molecule has 0 radical (unpaired) electrons. The van der Waals surface area contributed by atoms with Crippen LogP contribution in [0.5, 0.6) is 0 Å². The average Bonchev–Trinajstić information content (AvgIpc) is 2.30. The summed E-state index contributed by atoms with van der Waals surface area (Å²) in [4.78, 5) is 16.6. The van der Waals surface area contributed by atoms with E-state index >= 15 is 0 Å². The number of aromatic nitrogens is 4. The van der Waals surface area contributed by atoms with Gasteiger partial charge in [0.15, 0.2) is 11.6 Å². The van der Waals surface area contributed by atoms with Crippen molar-refractivity contribution in [3.05, 3.63) is 36.4 Å². The van der Waals surface area contributed by atoms with Gasteiger partial charge in [0.05, 0.1) is 0 Å². The summed E-state index contributed by atoms with van der Waals surface area (Å²) in [5.74, 6) is 1.57. The Morgan fingerprint density at radius 3 is 1.93 bits per heavy atom. The predicted molar refractivity (Wildman–Crippen MR) is 57.1 cm³/mol. The van der Waals surface area contributed by atoms with E-state index in [0.29, 0.717) is 17.6 Å². The molecule has 2 heterocycles. The highest BCUT2D eigenvalue weighted by Crippen LogP contribution is 2.13. The van der Waals surface area contributed by atoms with Crippen LogP contribution in [0.2, 0.25) is 0 Å². The van der Waals surface area contributed by atoms with Crippen LogP contribution in [0.4, 0.5) is 0 Å². The molecule has 0 bridgehead atoms. The molecule has 4 nitrogen and oxygen atoms in total. The van der Waals surface area contributed by atoms with Crippen molar-refractivity contribution in [1.29, 1.82) is 0 Å². The Labute approximate surface area is 88.5 Å². The predicted octanol–water partition coefficient (Wildman–Crippen LogP) is 2.06. The van der Waals surface area contributed by atoms with E-state index < -0.39 is 0 Å². The van der Waals surface area contributed by atoms with Gasteiger partial charge in [0.2, 0.25) is 0 Å². The van der Waals surface area contributed by atoms with Gasteiger partial charge in [-0.2, -0.15) is 0 Å². The second kappa shape index (κ2) is 4.13. The summed E-state index contributed by atoms with van der Waals surface area (Å²) in [6.07, 6.45) is 7.01. The van der Waals surface area contributed by atoms with Crippen molar-refractivity contribution < 1.29 is 0 Å². The highest BCUT2D eigenvalue weighted by molar-refractivity contribution is 5.41. The van der Waals surface area contributed by atoms with Crippen LogP contribution in [0.25, 0.3) is 11.6 Å². The minimum absolute atomic E-state index is 0.441. The topological polar surface area (TPSA) is 51.6 Å². The molecule has 2 aromatic rings. The largest absolute Gasteiger partial charge is 0.234 e. The third-order valence-electron chi connectivity index (χ3n) is 2.10. The van der Waals surface area contributed by atoms with Crippen molar-refractivity contribution in [2.24, 2.45) is 0 Å². The molecule has 0 amide bonds. The maximum absolute atomic E-state index is 4.23. The van der Waals surface area contributed by atoms with Crippen molar-refractivity contribution in [2.45, 2.75) is 19.8 Å². The third-order valence-corrected chi connectivity index (χ3v) is 2.10. The van der Waals surface area contributed by atoms with Crippen LogP contribution in [0.3, 0.4) is 0 Å². The second-order valence-corrected chi connectivity index (χ2v) is 3.57. The quantitative estimate of drug-likeness (QED) is 0.744. The first kappa shape index (κ1) is 9.71. The van der Waals surface area contributed by atoms with Gasteiger partial charge < -0.3 is 0 Å². The summed E-state index contributed by atoms with van der Waals surface area (Å²) in [5.41, 5.74) is 1.12. The highest BCUT2D eigenvalue weighted by atomic mass is 15.0. The third kappa shape index (κ3) is 2.15. The van der Waals surface area contributed by atoms with Gasteiger partial charge in [0, 0.05) is 24.8 Å². The van der Waals surface area contributed by atoms with E-state index in [2.05, 4.69) is 33.8 Å². The average molecular weight is 200 g/mol. The fourth-order valence-corrected chi connectivity index (χ4v) is 1.17. The molecule has 0 aromatic carbocycles. The molecule has 2 rings (SSSR count). The Bertz CT molecular complexity index is 422. The zero-order valence-electron chi connectivity index (χ0n) is 8.75. The van der Waals surface area contributed by atoms with Crippen LogP contribution in [0.15, 0.2) is 30.9 Å². The van der Waals surface area contributed by atoms with Crippen molar-refractivity contribution in [3.63, 3.8) is 0 Å². The van der Waals surface area contributed by atoms with Gasteiger partial charge in [-0.05, 0) is 17.5 Å². The zero-order chi connectivity index (χ0) is 10.7. The van der Waals surface area contributed by atoms with Gasteiger partial charge in [0.1, 0.15) is 0 Å². The zero-order valence-corrected chi connectivity index (χ0v) is 8.75. The Morgan fingerprint density at radius 1 is 0.867 bits per heavy atom. The SMILES string of the molecule is CC(C)c1cnc(-c2ncccn2)nc1. The van der Waals surface area contributed by atoms with Crippen LogP contribution in [-0.4, -0.2) is 19.9 Å². The summed E-state index contributed by atoms with van der Waals surface area (Å²) >= 11 is 0. The fraction of sp³-hybridized carbons (Fsp3) is 0.273. The van der Waals surface area contributed by atoms with E-state index in [1.165, 1.54) is 0 Å². The first-order chi connectivity index (χ1) is 7.27. The lowest BCUT2D eigenvalue weighted by Crippen LogP contribution is -1.96. The molecule has 0 saturated carbocycles. The molecule has 0 fully saturated rings. The smallest absolute Gasteiger partial charge is 0.197 e. The molecule has 15 heavy (non-hydrogen) atoms. The van der Waals surface area contributed by atoms with E-state index in [1.807, 2.05) is 12.4 Å². The molecule has 0 aliphatic rings. The van der Waals surface area contributed by atoms with Crippen molar-refractivity contribution in [1.82, 2.24) is 19.9 Å². The lowest BCUT2D eigenvalue weighted by Gasteiger charge is -2.03. The fourth-order valence-electron chi connectivity index (χ4n) is 1.17. The maximum Gasteiger partial charge on any atom is 0.197 e. The van der Waals surface area contributed by atoms with Crippen LogP contribution in [0.1, 0.15) is 25.3 Å². The monoisotopic (exact) mass is 200 g/mol. The minimum Gasteiger partial charge on any atom is -0.234 e. The van der Waals surface area contributed by atoms with E-state index in [9.17, 15) is 0 Å². The molecule has 0 spiro atoms. The van der Waals surface area contributed by atoms with Gasteiger partial charge in [0.25, 0.3) is 0 Å². The van der Waals surface area contributed by atoms with Crippen LogP contribution in [0, 0.1) is 0 Å². The first-order valence-electron chi connectivity index (χ1n) is 4.86. The molecule has 4 heteroatoms. The summed E-state index contributed by atoms with van der Waals surface area (Å²) in [6.45, 7) is 4.22. The highest BCUT2D eigenvalue weighted by Gasteiger charge is 2.04. The molecule has 0 aliphatic carbocycles. The summed E-state index contributed by atoms with van der Waals surface area (Å²) in [6, 6.07) is 1.77.